The predicted molar refractivity (Wildman–Crippen MR) is 215 cm³/mol. The monoisotopic (exact) mass is 962 g/mol. The van der Waals surface area contributed by atoms with Crippen molar-refractivity contribution in [3.8, 4) is 11.8 Å². The lowest BCUT2D eigenvalue weighted by Crippen LogP contribution is -2.44. The maximum absolute atomic E-state index is 12.4. The molecule has 2 aromatic heterocycles. The van der Waals surface area contributed by atoms with Crippen LogP contribution < -0.4 is 16.4 Å². The van der Waals surface area contributed by atoms with Gasteiger partial charge in [-0.25, -0.2) is 28.5 Å². The number of carboxylic acids is 2. The minimum absolute atomic E-state index is 0.0417. The number of aromatic nitrogens is 3. The summed E-state index contributed by atoms with van der Waals surface area (Å²) in [6.07, 6.45) is -0.444. The molecule has 0 aromatic carbocycles. The van der Waals surface area contributed by atoms with Crippen molar-refractivity contribution in [3.05, 3.63) is 18.1 Å². The summed E-state index contributed by atoms with van der Waals surface area (Å²) in [4.78, 5) is 104. The standard InChI is InChI=1S/C31H45N6O19P3S2/c1-2-21(31(44)45)36-30(43)19(13-26(41)42)12-20(38)7-3-4-10-60-61-11-8-24(40)33-9-5-6-18-15-37(29-27(18)28(32)34-17-35-29)25-14-22(39)23(54-25)16-53-58(49,50)56-59(51,52)55-57(46,47)48/h15,17,19,21-23,25,39H,2-4,7-14,16H2,1H3,(H,33,40)(H,36,43)(H,41,42)(H,44,45)(H,49,50)(H,51,52)(H2,32,34,35)(H2,46,47,48). The van der Waals surface area contributed by atoms with E-state index in [0.29, 0.717) is 35.3 Å². The van der Waals surface area contributed by atoms with Crippen LogP contribution in [0.25, 0.3) is 11.0 Å². The molecule has 1 fully saturated rings. The topological polar surface area (TPSA) is 396 Å². The Morgan fingerprint density at radius 2 is 1.72 bits per heavy atom. The van der Waals surface area contributed by atoms with Gasteiger partial charge in [0.2, 0.25) is 11.8 Å². The lowest BCUT2D eigenvalue weighted by molar-refractivity contribution is -0.144. The van der Waals surface area contributed by atoms with Crippen molar-refractivity contribution >= 4 is 91.4 Å². The van der Waals surface area contributed by atoms with E-state index in [-0.39, 0.29) is 61.8 Å². The Bertz CT molecular complexity index is 2110. The number of phosphoric acid groups is 3. The third-order valence-electron chi connectivity index (χ3n) is 8.29. The van der Waals surface area contributed by atoms with Crippen LogP contribution >= 0.6 is 45.1 Å². The molecule has 1 saturated heterocycles. The first-order valence-electron chi connectivity index (χ1n) is 18.0. The van der Waals surface area contributed by atoms with Crippen molar-refractivity contribution in [3.63, 3.8) is 0 Å². The fourth-order valence-electron chi connectivity index (χ4n) is 5.51. The number of aliphatic hydroxyl groups is 1. The number of aliphatic carboxylic acids is 2. The second-order valence-corrected chi connectivity index (χ2v) is 20.1. The molecule has 0 aliphatic carbocycles. The molecule has 7 unspecified atom stereocenters. The number of nitrogens with one attached hydrogen (secondary N) is 2. The number of ether oxygens (including phenoxy) is 1. The summed E-state index contributed by atoms with van der Waals surface area (Å²) >= 11 is 0. The zero-order chi connectivity index (χ0) is 45.5. The van der Waals surface area contributed by atoms with E-state index in [4.69, 9.17) is 30.5 Å². The molecule has 0 bridgehead atoms. The molecular weight excluding hydrogens is 917 g/mol. The predicted octanol–water partition coefficient (Wildman–Crippen LogP) is 1.44. The normalized spacial score (nSPS) is 19.5. The van der Waals surface area contributed by atoms with Crippen molar-refractivity contribution in [2.45, 2.75) is 82.8 Å². The van der Waals surface area contributed by atoms with Crippen LogP contribution in [0.5, 0.6) is 0 Å². The number of anilines is 1. The first kappa shape index (κ1) is 51.9. The van der Waals surface area contributed by atoms with Gasteiger partial charge in [-0.15, -0.1) is 0 Å². The first-order valence-corrected chi connectivity index (χ1v) is 25.0. The van der Waals surface area contributed by atoms with Crippen LogP contribution in [0.3, 0.4) is 0 Å². The highest BCUT2D eigenvalue weighted by atomic mass is 33.1. The number of aliphatic hydroxyl groups excluding tert-OH is 1. The van der Waals surface area contributed by atoms with Crippen LogP contribution in [0, 0.1) is 17.8 Å². The van der Waals surface area contributed by atoms with Gasteiger partial charge in [0.1, 0.15) is 41.9 Å². The quantitative estimate of drug-likeness (QED) is 0.0276. The lowest BCUT2D eigenvalue weighted by atomic mass is 9.95. The summed E-state index contributed by atoms with van der Waals surface area (Å²) < 4.78 is 53.7. The van der Waals surface area contributed by atoms with Crippen molar-refractivity contribution in [2.24, 2.45) is 5.92 Å². The van der Waals surface area contributed by atoms with Gasteiger partial charge in [-0.2, -0.15) is 8.62 Å². The van der Waals surface area contributed by atoms with Crippen LogP contribution in [0.1, 0.15) is 70.1 Å². The minimum atomic E-state index is -5.75. The van der Waals surface area contributed by atoms with Gasteiger partial charge in [-0.3, -0.25) is 23.7 Å². The third kappa shape index (κ3) is 18.1. The van der Waals surface area contributed by atoms with Crippen LogP contribution in [-0.2, 0) is 55.5 Å². The third-order valence-corrected chi connectivity index (χ3v) is 14.6. The molecule has 30 heteroatoms. The van der Waals surface area contributed by atoms with Gasteiger partial charge in [-0.05, 0) is 19.3 Å². The summed E-state index contributed by atoms with van der Waals surface area (Å²) in [6, 6.07) is -1.18. The van der Waals surface area contributed by atoms with Gasteiger partial charge in [0.25, 0.3) is 0 Å². The molecule has 25 nitrogen and oxygen atoms in total. The SMILES string of the molecule is CCC(NC(=O)C(CC(=O)O)CC(=O)CCCCSSCCC(=O)NCC#Cc1cn(C2CC(O)C(COP(=O)(O)OP(=O)(O)OP(=O)(O)O)O2)c2ncnc(N)c12)C(=O)O. The number of Topliss-reactive ketones (excluding diaryl/α,β-unsaturated/α-hetero) is 1. The molecule has 0 saturated carbocycles. The van der Waals surface area contributed by atoms with E-state index in [1.54, 1.807) is 6.92 Å². The number of amides is 2. The van der Waals surface area contributed by atoms with Gasteiger partial charge >= 0.3 is 35.4 Å². The largest absolute Gasteiger partial charge is 0.490 e. The highest BCUT2D eigenvalue weighted by molar-refractivity contribution is 8.76. The van der Waals surface area contributed by atoms with Crippen LogP contribution in [0.2, 0.25) is 0 Å². The molecule has 0 radical (unpaired) electrons. The molecule has 61 heavy (non-hydrogen) atoms. The number of nitrogens with zero attached hydrogens (tertiary/aromatic N) is 3. The highest BCUT2D eigenvalue weighted by Crippen LogP contribution is 2.66. The number of carboxylic acid groups (broad SMARTS) is 2. The number of carbonyl (C=O) groups is 5. The second kappa shape index (κ2) is 23.9. The van der Waals surface area contributed by atoms with Crippen LogP contribution in [0.4, 0.5) is 5.82 Å². The van der Waals surface area contributed by atoms with Crippen molar-refractivity contribution in [2.75, 3.05) is 30.4 Å². The summed E-state index contributed by atoms with van der Waals surface area (Å²) in [5.41, 5.74) is 6.66. The zero-order valence-corrected chi connectivity index (χ0v) is 36.4. The fourth-order valence-corrected chi connectivity index (χ4v) is 10.7. The molecule has 340 valence electrons. The second-order valence-electron chi connectivity index (χ2n) is 13.0. The molecular formula is C31H45N6O19P3S2. The molecule has 2 amide bonds. The summed E-state index contributed by atoms with van der Waals surface area (Å²) in [5.74, 6) is 1.79. The van der Waals surface area contributed by atoms with Crippen LogP contribution in [-0.4, -0.2) is 122 Å². The summed E-state index contributed by atoms with van der Waals surface area (Å²) in [7, 11) is -13.9. The number of phosphoric ester groups is 1. The number of nitrogen functional groups attached to an aromatic ring is 1. The van der Waals surface area contributed by atoms with E-state index in [9.17, 15) is 52.6 Å². The Kier molecular flexibility index (Phi) is 20.3. The smallest absolute Gasteiger partial charge is 0.481 e. The number of hydrogen-bond acceptors (Lipinski definition) is 18. The molecule has 7 atom stereocenters. The molecule has 2 aromatic rings. The van der Waals surface area contributed by atoms with Crippen molar-refractivity contribution in [1.29, 1.82) is 0 Å². The Morgan fingerprint density at radius 1 is 1.02 bits per heavy atom. The highest BCUT2D eigenvalue weighted by Gasteiger charge is 2.43. The Hall–Kier alpha value is -3.44. The van der Waals surface area contributed by atoms with Crippen LogP contribution in [0.15, 0.2) is 12.5 Å². The number of ketones is 1. The average Bonchev–Trinajstić information content (AvgIpc) is 3.70. The van der Waals surface area contributed by atoms with E-state index in [0.717, 1.165) is 0 Å². The Morgan fingerprint density at radius 3 is 2.38 bits per heavy atom. The number of unbranched alkanes of at least 4 members (excludes halogenated alkanes) is 1. The Labute approximate surface area is 355 Å². The number of fused-ring (bicyclic) bond motifs is 1. The maximum Gasteiger partial charge on any atom is 0.490 e. The Balaban J connectivity index is 1.42. The molecule has 11 N–H and O–H groups in total. The van der Waals surface area contributed by atoms with Gasteiger partial charge in [-0.1, -0.05) is 40.4 Å². The van der Waals surface area contributed by atoms with E-state index >= 15 is 0 Å². The maximum atomic E-state index is 12.4. The van der Waals surface area contributed by atoms with Gasteiger partial charge in [0.05, 0.1) is 42.5 Å². The average molecular weight is 963 g/mol. The molecule has 1 aliphatic heterocycles. The number of hydrogen-bond donors (Lipinski definition) is 10. The van der Waals surface area contributed by atoms with Gasteiger partial charge in [0.15, 0.2) is 0 Å². The lowest BCUT2D eigenvalue weighted by Gasteiger charge is -2.19. The van der Waals surface area contributed by atoms with E-state index < -0.39 is 84.7 Å². The van der Waals surface area contributed by atoms with Gasteiger partial charge in [0, 0.05) is 43.4 Å². The van der Waals surface area contributed by atoms with Crippen molar-refractivity contribution in [1.82, 2.24) is 25.2 Å². The number of nitrogens with two attached hydrogens (primary N) is 1. The fraction of sp³-hybridized carbons (Fsp3) is 0.581. The minimum Gasteiger partial charge on any atom is -0.481 e. The van der Waals surface area contributed by atoms with E-state index in [1.165, 1.54) is 38.7 Å². The molecule has 3 rings (SSSR count). The number of rotatable bonds is 26. The van der Waals surface area contributed by atoms with E-state index in [2.05, 4.69) is 45.6 Å². The molecule has 3 heterocycles. The first-order chi connectivity index (χ1) is 28.5. The molecule has 1 aliphatic rings. The summed E-state index contributed by atoms with van der Waals surface area (Å²) in [6.45, 7) is 0.627. The van der Waals surface area contributed by atoms with E-state index in [1.807, 2.05) is 0 Å². The van der Waals surface area contributed by atoms with Crippen molar-refractivity contribution < 1.29 is 90.4 Å². The van der Waals surface area contributed by atoms with Gasteiger partial charge < -0.3 is 60.6 Å². The molecule has 0 spiro atoms. The number of carbonyl (C=O) groups excluding carboxylic acids is 3. The summed E-state index contributed by atoms with van der Waals surface area (Å²) in [5, 5.41) is 34.1. The zero-order valence-electron chi connectivity index (χ0n) is 32.1.